The van der Waals surface area contributed by atoms with Gasteiger partial charge in [-0.1, -0.05) is 69.5 Å². The third kappa shape index (κ3) is 6.23. The van der Waals surface area contributed by atoms with Gasteiger partial charge in [0.25, 0.3) is 16.7 Å². The molecule has 2 amide bonds. The first-order valence-electron chi connectivity index (χ1n) is 13.9. The Labute approximate surface area is 290 Å². The molecule has 0 N–H and O–H groups in total. The number of nitrogens with zero attached hydrogens (tertiary/aromatic N) is 5. The molecule has 0 saturated carbocycles. The van der Waals surface area contributed by atoms with Gasteiger partial charge in [0.15, 0.2) is 22.7 Å². The van der Waals surface area contributed by atoms with Crippen LogP contribution in [0.1, 0.15) is 16.7 Å². The van der Waals surface area contributed by atoms with Crippen LogP contribution in [0, 0.1) is 0 Å². The van der Waals surface area contributed by atoms with Crippen molar-refractivity contribution in [2.75, 3.05) is 7.11 Å². The van der Waals surface area contributed by atoms with E-state index in [0.29, 0.717) is 21.2 Å². The molecule has 5 aromatic rings. The van der Waals surface area contributed by atoms with Gasteiger partial charge >= 0.3 is 11.7 Å². The number of imidazole rings is 1. The van der Waals surface area contributed by atoms with Gasteiger partial charge in [0.2, 0.25) is 0 Å². The van der Waals surface area contributed by atoms with Crippen LogP contribution >= 0.6 is 50.9 Å². The molecule has 1 aliphatic heterocycles. The highest BCUT2D eigenvalue weighted by Gasteiger charge is 2.35. The highest BCUT2D eigenvalue weighted by atomic mass is 79.9. The third-order valence-corrected chi connectivity index (χ3v) is 9.77. The van der Waals surface area contributed by atoms with Gasteiger partial charge in [0.05, 0.1) is 25.1 Å². The molecule has 0 aliphatic carbocycles. The fourth-order valence-electron chi connectivity index (χ4n) is 5.01. The number of aryl methyl sites for hydroxylation is 1. The van der Waals surface area contributed by atoms with Gasteiger partial charge in [-0.15, -0.1) is 0 Å². The zero-order valence-electron chi connectivity index (χ0n) is 25.0. The highest BCUT2D eigenvalue weighted by Crippen LogP contribution is 2.37. The summed E-state index contributed by atoms with van der Waals surface area (Å²) in [5.74, 6) is 0.125. The van der Waals surface area contributed by atoms with Crippen LogP contribution in [-0.2, 0) is 32.0 Å². The molecule has 2 aromatic heterocycles. The van der Waals surface area contributed by atoms with E-state index in [1.165, 1.54) is 35.2 Å². The number of rotatable bonds is 8. The molecule has 0 atom stereocenters. The summed E-state index contributed by atoms with van der Waals surface area (Å²) < 4.78 is 16.4. The normalized spacial score (nSPS) is 14.1. The molecular formula is C32H24BrCl2N5O6S. The number of carbonyl (C=O) groups is 2. The Kier molecular flexibility index (Phi) is 9.07. The van der Waals surface area contributed by atoms with E-state index in [9.17, 15) is 19.2 Å². The van der Waals surface area contributed by atoms with Gasteiger partial charge < -0.3 is 9.47 Å². The lowest BCUT2D eigenvalue weighted by molar-refractivity contribution is -0.123. The Morgan fingerprint density at radius 2 is 1.68 bits per heavy atom. The quantitative estimate of drug-likeness (QED) is 0.163. The van der Waals surface area contributed by atoms with Crippen molar-refractivity contribution in [2.45, 2.75) is 13.1 Å². The standard InChI is InChI=1S/C32H24BrCl2N5O6S/c1-37-27-26(29(42)38(2)31(37)43)39(16-19-9-10-20(34)14-22(19)35)30(36-27)46-23-11-8-17(12-24(23)45-3)13-25-28(41)40(32(44)47-25)15-18-6-4-5-7-21(18)33/h4-14H,15-16H2,1-3H3/b25-13-. The molecule has 1 aliphatic rings. The van der Waals surface area contributed by atoms with Crippen LogP contribution in [0.3, 0.4) is 0 Å². The fourth-order valence-corrected chi connectivity index (χ4v) is 6.73. The Morgan fingerprint density at radius 1 is 0.915 bits per heavy atom. The van der Waals surface area contributed by atoms with Gasteiger partial charge in [0, 0.05) is 28.6 Å². The van der Waals surface area contributed by atoms with E-state index in [1.54, 1.807) is 42.5 Å². The molecule has 0 unspecified atom stereocenters. The van der Waals surface area contributed by atoms with Crippen molar-refractivity contribution in [3.8, 4) is 17.5 Å². The van der Waals surface area contributed by atoms with Crippen LogP contribution in [0.5, 0.6) is 17.5 Å². The maximum absolute atomic E-state index is 13.3. The minimum Gasteiger partial charge on any atom is -0.493 e. The number of fused-ring (bicyclic) bond motifs is 1. The number of imide groups is 1. The average Bonchev–Trinajstić information content (AvgIpc) is 3.53. The molecule has 0 bridgehead atoms. The van der Waals surface area contributed by atoms with E-state index in [1.807, 2.05) is 24.3 Å². The van der Waals surface area contributed by atoms with Crippen molar-refractivity contribution in [1.29, 1.82) is 0 Å². The molecule has 3 aromatic carbocycles. The number of hydrogen-bond acceptors (Lipinski definition) is 8. The molecule has 11 nitrogen and oxygen atoms in total. The van der Waals surface area contributed by atoms with Crippen LogP contribution in [0.15, 0.2) is 79.6 Å². The van der Waals surface area contributed by atoms with E-state index >= 15 is 0 Å². The van der Waals surface area contributed by atoms with Crippen molar-refractivity contribution in [3.63, 3.8) is 0 Å². The number of methoxy groups -OCH3 is 1. The summed E-state index contributed by atoms with van der Waals surface area (Å²) in [5, 5.41) is 0.446. The van der Waals surface area contributed by atoms with E-state index in [4.69, 9.17) is 32.7 Å². The second-order valence-electron chi connectivity index (χ2n) is 10.5. The maximum atomic E-state index is 13.3. The molecule has 47 heavy (non-hydrogen) atoms. The van der Waals surface area contributed by atoms with Crippen molar-refractivity contribution >= 4 is 79.3 Å². The first-order valence-corrected chi connectivity index (χ1v) is 16.3. The lowest BCUT2D eigenvalue weighted by Gasteiger charge is -2.14. The van der Waals surface area contributed by atoms with Gasteiger partial charge in [-0.3, -0.25) is 33.0 Å². The molecule has 1 fully saturated rings. The summed E-state index contributed by atoms with van der Waals surface area (Å²) in [5.41, 5.74) is 1.15. The zero-order chi connectivity index (χ0) is 33.6. The lowest BCUT2D eigenvalue weighted by Crippen LogP contribution is -2.37. The Hall–Kier alpha value is -4.30. The minimum absolute atomic E-state index is 0.00330. The number of aromatic nitrogens is 4. The maximum Gasteiger partial charge on any atom is 0.332 e. The van der Waals surface area contributed by atoms with Gasteiger partial charge in [0.1, 0.15) is 0 Å². The summed E-state index contributed by atoms with van der Waals surface area (Å²) in [6.07, 6.45) is 1.61. The molecule has 1 saturated heterocycles. The number of benzene rings is 3. The Bertz CT molecular complexity index is 2260. The molecule has 3 heterocycles. The molecular weight excluding hydrogens is 733 g/mol. The monoisotopic (exact) mass is 755 g/mol. The predicted octanol–water partition coefficient (Wildman–Crippen LogP) is 6.59. The molecule has 240 valence electrons. The SMILES string of the molecule is COc1cc(/C=C2\SC(=O)N(Cc3ccccc3Br)C2=O)ccc1Oc1nc2c(c(=O)n(C)c(=O)n2C)n1Cc1ccc(Cl)cc1Cl. The van der Waals surface area contributed by atoms with Gasteiger partial charge in [-0.05, 0) is 64.9 Å². The summed E-state index contributed by atoms with van der Waals surface area (Å²) in [4.78, 5) is 57.9. The third-order valence-electron chi connectivity index (χ3n) is 7.50. The predicted molar refractivity (Wildman–Crippen MR) is 185 cm³/mol. The smallest absolute Gasteiger partial charge is 0.332 e. The van der Waals surface area contributed by atoms with Crippen molar-refractivity contribution in [1.82, 2.24) is 23.6 Å². The number of amides is 2. The first kappa shape index (κ1) is 32.6. The number of halogens is 3. The van der Waals surface area contributed by atoms with Crippen LogP contribution < -0.4 is 20.7 Å². The number of carbonyl (C=O) groups excluding carboxylic acids is 2. The molecule has 15 heteroatoms. The van der Waals surface area contributed by atoms with Crippen LogP contribution in [0.4, 0.5) is 4.79 Å². The lowest BCUT2D eigenvalue weighted by atomic mass is 10.1. The van der Waals surface area contributed by atoms with E-state index in [2.05, 4.69) is 20.9 Å². The van der Waals surface area contributed by atoms with E-state index in [0.717, 1.165) is 26.4 Å². The number of ether oxygens (including phenoxy) is 2. The van der Waals surface area contributed by atoms with Gasteiger partial charge in [-0.25, -0.2) is 4.79 Å². The first-order chi connectivity index (χ1) is 22.5. The highest BCUT2D eigenvalue weighted by molar-refractivity contribution is 9.10. The molecule has 0 spiro atoms. The zero-order valence-corrected chi connectivity index (χ0v) is 28.9. The van der Waals surface area contributed by atoms with Crippen LogP contribution in [-0.4, -0.2) is 41.8 Å². The van der Waals surface area contributed by atoms with Crippen molar-refractivity contribution in [3.05, 3.63) is 118 Å². The average molecular weight is 757 g/mol. The molecule has 0 radical (unpaired) electrons. The van der Waals surface area contributed by atoms with Crippen LogP contribution in [0.25, 0.3) is 17.2 Å². The second-order valence-corrected chi connectivity index (χ2v) is 13.2. The van der Waals surface area contributed by atoms with Crippen molar-refractivity contribution in [2.24, 2.45) is 14.1 Å². The second kappa shape index (κ2) is 13.1. The van der Waals surface area contributed by atoms with Gasteiger partial charge in [-0.2, -0.15) is 4.98 Å². The summed E-state index contributed by atoms with van der Waals surface area (Å²) in [6, 6.07) is 17.3. The Morgan fingerprint density at radius 3 is 2.40 bits per heavy atom. The summed E-state index contributed by atoms with van der Waals surface area (Å²) in [7, 11) is 4.35. The summed E-state index contributed by atoms with van der Waals surface area (Å²) in [6.45, 7) is 0.210. The van der Waals surface area contributed by atoms with Crippen LogP contribution in [0.2, 0.25) is 10.0 Å². The number of hydrogen-bond donors (Lipinski definition) is 0. The van der Waals surface area contributed by atoms with Crippen molar-refractivity contribution < 1.29 is 19.1 Å². The fraction of sp³-hybridized carbons (Fsp3) is 0.156. The topological polar surface area (TPSA) is 118 Å². The number of thioether (sulfide) groups is 1. The minimum atomic E-state index is -0.564. The Balaban J connectivity index is 1.35. The summed E-state index contributed by atoms with van der Waals surface area (Å²) >= 11 is 16.9. The molecule has 6 rings (SSSR count). The largest absolute Gasteiger partial charge is 0.493 e. The van der Waals surface area contributed by atoms with E-state index in [-0.39, 0.29) is 51.9 Å². The van der Waals surface area contributed by atoms with E-state index < -0.39 is 17.2 Å².